The molecule has 1 nitrogen and oxygen atoms in total. The fourth-order valence-corrected chi connectivity index (χ4v) is 2.98. The highest BCUT2D eigenvalue weighted by molar-refractivity contribution is 5.79. The maximum atomic E-state index is 10.4. The molecule has 3 aromatic carbocycles. The standard InChI is InChI=1S/C22H22O/c1-15-7-11-18(12-8-15)20-5-4-6-21(22(20)17(3)23)19-13-9-16(2)10-14-19/h4-14,17,23H,1-3H3/t17-/m0/s1. The van der Waals surface area contributed by atoms with Gasteiger partial charge >= 0.3 is 0 Å². The summed E-state index contributed by atoms with van der Waals surface area (Å²) in [5.74, 6) is 0. The SMILES string of the molecule is Cc1ccc(-c2cccc(-c3ccc(C)cc3)c2[C@H](C)O)cc1. The van der Waals surface area contributed by atoms with E-state index in [1.165, 1.54) is 11.1 Å². The van der Waals surface area contributed by atoms with Crippen LogP contribution in [0.15, 0.2) is 66.7 Å². The van der Waals surface area contributed by atoms with Crippen molar-refractivity contribution in [2.75, 3.05) is 0 Å². The summed E-state index contributed by atoms with van der Waals surface area (Å²) < 4.78 is 0. The van der Waals surface area contributed by atoms with Gasteiger partial charge < -0.3 is 5.11 Å². The van der Waals surface area contributed by atoms with Gasteiger partial charge in [0.15, 0.2) is 0 Å². The van der Waals surface area contributed by atoms with Crippen molar-refractivity contribution in [1.29, 1.82) is 0 Å². The number of hydrogen-bond acceptors (Lipinski definition) is 1. The molecule has 0 aliphatic heterocycles. The lowest BCUT2D eigenvalue weighted by Crippen LogP contribution is -1.99. The molecule has 0 aromatic heterocycles. The minimum Gasteiger partial charge on any atom is -0.389 e. The molecule has 23 heavy (non-hydrogen) atoms. The topological polar surface area (TPSA) is 20.2 Å². The van der Waals surface area contributed by atoms with Crippen molar-refractivity contribution in [3.05, 3.63) is 83.4 Å². The van der Waals surface area contributed by atoms with Crippen LogP contribution in [-0.4, -0.2) is 5.11 Å². The van der Waals surface area contributed by atoms with Gasteiger partial charge in [-0.2, -0.15) is 0 Å². The second-order valence-corrected chi connectivity index (χ2v) is 6.17. The maximum absolute atomic E-state index is 10.4. The van der Waals surface area contributed by atoms with E-state index in [2.05, 4.69) is 80.6 Å². The molecule has 1 N–H and O–H groups in total. The molecular formula is C22H22O. The third-order valence-corrected chi connectivity index (χ3v) is 4.25. The summed E-state index contributed by atoms with van der Waals surface area (Å²) in [6, 6.07) is 23.2. The molecule has 0 saturated heterocycles. The summed E-state index contributed by atoms with van der Waals surface area (Å²) in [6.45, 7) is 6.01. The molecular weight excluding hydrogens is 280 g/mol. The van der Waals surface area contributed by atoms with E-state index in [-0.39, 0.29) is 0 Å². The van der Waals surface area contributed by atoms with Gasteiger partial charge in [-0.25, -0.2) is 0 Å². The molecule has 0 bridgehead atoms. The van der Waals surface area contributed by atoms with E-state index in [9.17, 15) is 5.11 Å². The van der Waals surface area contributed by atoms with E-state index >= 15 is 0 Å². The highest BCUT2D eigenvalue weighted by Crippen LogP contribution is 2.36. The van der Waals surface area contributed by atoms with E-state index in [1.807, 2.05) is 6.92 Å². The predicted molar refractivity (Wildman–Crippen MR) is 97.4 cm³/mol. The first kappa shape index (κ1) is 15.5. The van der Waals surface area contributed by atoms with Gasteiger partial charge in [0.25, 0.3) is 0 Å². The quantitative estimate of drug-likeness (QED) is 0.659. The molecule has 0 fully saturated rings. The van der Waals surface area contributed by atoms with Gasteiger partial charge in [0.1, 0.15) is 0 Å². The van der Waals surface area contributed by atoms with Crippen LogP contribution in [0.3, 0.4) is 0 Å². The summed E-state index contributed by atoms with van der Waals surface area (Å²) in [7, 11) is 0. The molecule has 0 aliphatic rings. The number of rotatable bonds is 3. The fourth-order valence-electron chi connectivity index (χ4n) is 2.98. The fraction of sp³-hybridized carbons (Fsp3) is 0.182. The summed E-state index contributed by atoms with van der Waals surface area (Å²) in [6.07, 6.45) is -0.524. The Kier molecular flexibility index (Phi) is 4.31. The minimum atomic E-state index is -0.524. The zero-order chi connectivity index (χ0) is 16.4. The highest BCUT2D eigenvalue weighted by Gasteiger charge is 2.15. The Morgan fingerprint density at radius 3 is 1.39 bits per heavy atom. The second kappa shape index (κ2) is 6.39. The van der Waals surface area contributed by atoms with Crippen molar-refractivity contribution in [3.63, 3.8) is 0 Å². The second-order valence-electron chi connectivity index (χ2n) is 6.17. The van der Waals surface area contributed by atoms with Gasteiger partial charge in [0.2, 0.25) is 0 Å². The third-order valence-electron chi connectivity index (χ3n) is 4.25. The number of aryl methyl sites for hydroxylation is 2. The van der Waals surface area contributed by atoms with Crippen molar-refractivity contribution in [2.24, 2.45) is 0 Å². The lowest BCUT2D eigenvalue weighted by atomic mass is 9.89. The Morgan fingerprint density at radius 1 is 0.652 bits per heavy atom. The molecule has 0 saturated carbocycles. The molecule has 0 spiro atoms. The molecule has 3 aromatic rings. The summed E-state index contributed by atoms with van der Waals surface area (Å²) in [5, 5.41) is 10.4. The van der Waals surface area contributed by atoms with Crippen molar-refractivity contribution in [2.45, 2.75) is 26.9 Å². The van der Waals surface area contributed by atoms with Crippen molar-refractivity contribution < 1.29 is 5.11 Å². The summed E-state index contributed by atoms with van der Waals surface area (Å²) >= 11 is 0. The van der Waals surface area contributed by atoms with Crippen LogP contribution in [0.2, 0.25) is 0 Å². The van der Waals surface area contributed by atoms with Crippen LogP contribution in [0.1, 0.15) is 29.7 Å². The van der Waals surface area contributed by atoms with Gasteiger partial charge in [-0.15, -0.1) is 0 Å². The van der Waals surface area contributed by atoms with E-state index in [1.54, 1.807) is 0 Å². The average molecular weight is 302 g/mol. The summed E-state index contributed by atoms with van der Waals surface area (Å²) in [4.78, 5) is 0. The Bertz CT molecular complexity index is 733. The zero-order valence-corrected chi connectivity index (χ0v) is 13.9. The van der Waals surface area contributed by atoms with Crippen LogP contribution in [0.25, 0.3) is 22.3 Å². The Morgan fingerprint density at radius 2 is 1.04 bits per heavy atom. The van der Waals surface area contributed by atoms with E-state index in [4.69, 9.17) is 0 Å². The normalized spacial score (nSPS) is 12.2. The van der Waals surface area contributed by atoms with Gasteiger partial charge in [-0.05, 0) is 48.6 Å². The lowest BCUT2D eigenvalue weighted by molar-refractivity contribution is 0.200. The van der Waals surface area contributed by atoms with Crippen molar-refractivity contribution in [1.82, 2.24) is 0 Å². The number of benzene rings is 3. The Hall–Kier alpha value is -2.38. The molecule has 116 valence electrons. The van der Waals surface area contributed by atoms with Crippen LogP contribution < -0.4 is 0 Å². The number of hydrogen-bond donors (Lipinski definition) is 1. The van der Waals surface area contributed by atoms with Gasteiger partial charge in [0, 0.05) is 0 Å². The monoisotopic (exact) mass is 302 g/mol. The molecule has 0 radical (unpaired) electrons. The third kappa shape index (κ3) is 3.20. The molecule has 0 unspecified atom stereocenters. The van der Waals surface area contributed by atoms with E-state index in [0.29, 0.717) is 0 Å². The van der Waals surface area contributed by atoms with Crippen molar-refractivity contribution >= 4 is 0 Å². The Labute approximate surface area is 138 Å². The van der Waals surface area contributed by atoms with Crippen LogP contribution in [0.5, 0.6) is 0 Å². The number of aliphatic hydroxyl groups excluding tert-OH is 1. The molecule has 3 rings (SSSR count). The van der Waals surface area contributed by atoms with E-state index in [0.717, 1.165) is 27.8 Å². The lowest BCUT2D eigenvalue weighted by Gasteiger charge is -2.18. The van der Waals surface area contributed by atoms with Crippen LogP contribution in [0.4, 0.5) is 0 Å². The first-order valence-electron chi connectivity index (χ1n) is 8.01. The predicted octanol–water partition coefficient (Wildman–Crippen LogP) is 5.69. The molecule has 1 heteroatoms. The number of aliphatic hydroxyl groups is 1. The molecule has 0 amide bonds. The minimum absolute atomic E-state index is 0.524. The van der Waals surface area contributed by atoms with Crippen LogP contribution in [-0.2, 0) is 0 Å². The largest absolute Gasteiger partial charge is 0.389 e. The Balaban J connectivity index is 2.20. The smallest absolute Gasteiger partial charge is 0.0773 e. The van der Waals surface area contributed by atoms with Crippen LogP contribution in [0, 0.1) is 13.8 Å². The molecule has 1 atom stereocenters. The van der Waals surface area contributed by atoms with E-state index < -0.39 is 6.10 Å². The first-order chi connectivity index (χ1) is 11.1. The van der Waals surface area contributed by atoms with Crippen molar-refractivity contribution in [3.8, 4) is 22.3 Å². The average Bonchev–Trinajstić information content (AvgIpc) is 2.55. The summed E-state index contributed by atoms with van der Waals surface area (Å²) in [5.41, 5.74) is 7.93. The molecule has 0 aliphatic carbocycles. The zero-order valence-electron chi connectivity index (χ0n) is 13.9. The first-order valence-corrected chi connectivity index (χ1v) is 8.01. The van der Waals surface area contributed by atoms with Gasteiger partial charge in [0.05, 0.1) is 6.10 Å². The molecule has 0 heterocycles. The highest BCUT2D eigenvalue weighted by atomic mass is 16.3. The van der Waals surface area contributed by atoms with Gasteiger partial charge in [-0.1, -0.05) is 77.9 Å². The van der Waals surface area contributed by atoms with Gasteiger partial charge in [-0.3, -0.25) is 0 Å². The van der Waals surface area contributed by atoms with Crippen LogP contribution >= 0.6 is 0 Å². The maximum Gasteiger partial charge on any atom is 0.0773 e.